The van der Waals surface area contributed by atoms with Gasteiger partial charge in [-0.15, -0.1) is 6.58 Å². The molecule has 0 radical (unpaired) electrons. The quantitative estimate of drug-likeness (QED) is 0.779. The molecule has 1 N–H and O–H groups in total. The molecule has 6 heteroatoms. The summed E-state index contributed by atoms with van der Waals surface area (Å²) in [5.74, 6) is 0.0829. The minimum absolute atomic E-state index is 0.0748. The number of hydrogen-bond acceptors (Lipinski definition) is 5. The third kappa shape index (κ3) is 3.76. The van der Waals surface area contributed by atoms with Gasteiger partial charge in [0.1, 0.15) is 0 Å². The number of rotatable bonds is 4. The van der Waals surface area contributed by atoms with Gasteiger partial charge in [-0.2, -0.15) is 0 Å². The van der Waals surface area contributed by atoms with Gasteiger partial charge in [-0.1, -0.05) is 24.8 Å². The van der Waals surface area contributed by atoms with E-state index < -0.39 is 0 Å². The summed E-state index contributed by atoms with van der Waals surface area (Å²) in [5, 5.41) is 4.65. The molecule has 0 spiro atoms. The monoisotopic (exact) mass is 296 g/mol. The molecule has 0 aromatic carbocycles. The Morgan fingerprint density at radius 3 is 2.80 bits per heavy atom. The Morgan fingerprint density at radius 2 is 2.25 bits per heavy atom. The van der Waals surface area contributed by atoms with Crippen LogP contribution in [-0.4, -0.2) is 71.4 Å². The summed E-state index contributed by atoms with van der Waals surface area (Å²) in [4.78, 5) is 21.1. The molecule has 112 valence electrons. The van der Waals surface area contributed by atoms with E-state index in [1.165, 1.54) is 5.17 Å². The van der Waals surface area contributed by atoms with Crippen molar-refractivity contribution in [2.75, 3.05) is 39.3 Å². The van der Waals surface area contributed by atoms with Crippen molar-refractivity contribution in [3.8, 4) is 0 Å². The minimum atomic E-state index is -0.0748. The van der Waals surface area contributed by atoms with E-state index in [4.69, 9.17) is 0 Å². The summed E-state index contributed by atoms with van der Waals surface area (Å²) in [6, 6.07) is -0.0748. The molecule has 0 bridgehead atoms. The first-order valence-corrected chi connectivity index (χ1v) is 8.08. The van der Waals surface area contributed by atoms with Gasteiger partial charge in [0.05, 0.1) is 12.6 Å². The summed E-state index contributed by atoms with van der Waals surface area (Å²) in [6.07, 6.45) is 1.71. The fraction of sp³-hybridized carbons (Fsp3) is 0.714. The zero-order valence-corrected chi connectivity index (χ0v) is 13.2. The SMILES string of the molecule is C=CCNC(=O)[C@@H](C)N1CCN(C2=NC[C@H](C)S2)CC1. The summed E-state index contributed by atoms with van der Waals surface area (Å²) in [7, 11) is 0. The number of carbonyl (C=O) groups is 1. The minimum Gasteiger partial charge on any atom is -0.351 e. The highest BCUT2D eigenvalue weighted by Gasteiger charge is 2.28. The van der Waals surface area contributed by atoms with E-state index in [-0.39, 0.29) is 11.9 Å². The zero-order chi connectivity index (χ0) is 14.5. The van der Waals surface area contributed by atoms with E-state index in [0.29, 0.717) is 11.8 Å². The van der Waals surface area contributed by atoms with Crippen LogP contribution >= 0.6 is 11.8 Å². The Bertz CT molecular complexity index is 391. The Hall–Kier alpha value is -1.01. The van der Waals surface area contributed by atoms with Crippen LogP contribution in [0.15, 0.2) is 17.6 Å². The standard InChI is InChI=1S/C14H24N4OS/c1-4-5-15-13(19)12(3)17-6-8-18(9-7-17)14-16-10-11(2)20-14/h4,11-12H,1,5-10H2,2-3H3,(H,15,19)/t11-,12+/m0/s1. The Kier molecular flexibility index (Phi) is 5.48. The molecule has 5 nitrogen and oxygen atoms in total. The number of nitrogens with zero attached hydrogens (tertiary/aromatic N) is 3. The van der Waals surface area contributed by atoms with E-state index in [1.807, 2.05) is 18.7 Å². The maximum atomic E-state index is 11.9. The van der Waals surface area contributed by atoms with Crippen molar-refractivity contribution in [1.82, 2.24) is 15.1 Å². The van der Waals surface area contributed by atoms with Crippen LogP contribution in [0.1, 0.15) is 13.8 Å². The first-order valence-electron chi connectivity index (χ1n) is 7.20. The predicted molar refractivity (Wildman–Crippen MR) is 85.2 cm³/mol. The van der Waals surface area contributed by atoms with Crippen LogP contribution in [0.5, 0.6) is 0 Å². The zero-order valence-electron chi connectivity index (χ0n) is 12.3. The lowest BCUT2D eigenvalue weighted by molar-refractivity contribution is -0.126. The molecule has 2 aliphatic heterocycles. The molecule has 1 amide bonds. The van der Waals surface area contributed by atoms with Gasteiger partial charge in [-0.3, -0.25) is 14.7 Å². The Balaban J connectivity index is 1.79. The Morgan fingerprint density at radius 1 is 1.55 bits per heavy atom. The van der Waals surface area contributed by atoms with Crippen LogP contribution in [-0.2, 0) is 4.79 Å². The molecule has 2 atom stereocenters. The Labute approximate surface area is 125 Å². The van der Waals surface area contributed by atoms with Gasteiger partial charge in [0.15, 0.2) is 5.17 Å². The van der Waals surface area contributed by atoms with E-state index in [1.54, 1.807) is 6.08 Å². The van der Waals surface area contributed by atoms with Gasteiger partial charge in [0.25, 0.3) is 0 Å². The van der Waals surface area contributed by atoms with Crippen LogP contribution < -0.4 is 5.32 Å². The maximum Gasteiger partial charge on any atom is 0.237 e. The van der Waals surface area contributed by atoms with E-state index >= 15 is 0 Å². The predicted octanol–water partition coefficient (Wildman–Crippen LogP) is 0.786. The summed E-state index contributed by atoms with van der Waals surface area (Å²) < 4.78 is 0. The smallest absolute Gasteiger partial charge is 0.237 e. The van der Waals surface area contributed by atoms with Crippen molar-refractivity contribution in [1.29, 1.82) is 0 Å². The van der Waals surface area contributed by atoms with Crippen molar-refractivity contribution in [2.24, 2.45) is 4.99 Å². The third-order valence-corrected chi connectivity index (χ3v) is 4.87. The number of hydrogen-bond donors (Lipinski definition) is 1. The van der Waals surface area contributed by atoms with E-state index in [2.05, 4.69) is 33.6 Å². The summed E-state index contributed by atoms with van der Waals surface area (Å²) >= 11 is 1.87. The van der Waals surface area contributed by atoms with Gasteiger partial charge in [0, 0.05) is 38.0 Å². The van der Waals surface area contributed by atoms with Gasteiger partial charge in [-0.05, 0) is 6.92 Å². The van der Waals surface area contributed by atoms with Crippen LogP contribution in [0.4, 0.5) is 0 Å². The van der Waals surface area contributed by atoms with Crippen LogP contribution in [0.2, 0.25) is 0 Å². The van der Waals surface area contributed by atoms with Gasteiger partial charge < -0.3 is 10.2 Å². The van der Waals surface area contributed by atoms with Gasteiger partial charge in [-0.25, -0.2) is 0 Å². The molecule has 0 aromatic rings. The molecule has 20 heavy (non-hydrogen) atoms. The molecule has 0 aliphatic carbocycles. The van der Waals surface area contributed by atoms with Crippen LogP contribution in [0.3, 0.4) is 0 Å². The lowest BCUT2D eigenvalue weighted by Crippen LogP contribution is -2.54. The normalized spacial score (nSPS) is 25.2. The highest BCUT2D eigenvalue weighted by molar-refractivity contribution is 8.14. The average Bonchev–Trinajstić information content (AvgIpc) is 2.90. The van der Waals surface area contributed by atoms with Gasteiger partial charge >= 0.3 is 0 Å². The molecule has 0 saturated carbocycles. The number of carbonyl (C=O) groups excluding carboxylic acids is 1. The molecule has 2 heterocycles. The summed E-state index contributed by atoms with van der Waals surface area (Å²) in [6.45, 7) is 13.0. The molecule has 1 fully saturated rings. The number of amidine groups is 1. The first kappa shape index (κ1) is 15.4. The second-order valence-electron chi connectivity index (χ2n) is 5.28. The number of aliphatic imine (C=N–C) groups is 1. The highest BCUT2D eigenvalue weighted by Crippen LogP contribution is 2.23. The van der Waals surface area contributed by atoms with Gasteiger partial charge in [0.2, 0.25) is 5.91 Å². The third-order valence-electron chi connectivity index (χ3n) is 3.72. The maximum absolute atomic E-state index is 11.9. The topological polar surface area (TPSA) is 47.9 Å². The number of amides is 1. The molecule has 1 saturated heterocycles. The van der Waals surface area contributed by atoms with Crippen molar-refractivity contribution >= 4 is 22.8 Å². The van der Waals surface area contributed by atoms with Crippen molar-refractivity contribution in [2.45, 2.75) is 25.1 Å². The van der Waals surface area contributed by atoms with Crippen LogP contribution in [0.25, 0.3) is 0 Å². The molecule has 2 aliphatic rings. The lowest BCUT2D eigenvalue weighted by Gasteiger charge is -2.38. The molecule has 2 rings (SSSR count). The molecular formula is C14H24N4OS. The largest absolute Gasteiger partial charge is 0.351 e. The second-order valence-corrected chi connectivity index (χ2v) is 6.69. The number of thioether (sulfide) groups is 1. The second kappa shape index (κ2) is 7.13. The molecule has 0 unspecified atom stereocenters. The first-order chi connectivity index (χ1) is 9.61. The van der Waals surface area contributed by atoms with E-state index in [9.17, 15) is 4.79 Å². The summed E-state index contributed by atoms with van der Waals surface area (Å²) in [5.41, 5.74) is 0. The lowest BCUT2D eigenvalue weighted by atomic mass is 10.2. The average molecular weight is 296 g/mol. The number of nitrogens with one attached hydrogen (secondary N) is 1. The van der Waals surface area contributed by atoms with Crippen molar-refractivity contribution < 1.29 is 4.79 Å². The fourth-order valence-corrected chi connectivity index (χ4v) is 3.41. The highest BCUT2D eigenvalue weighted by atomic mass is 32.2. The van der Waals surface area contributed by atoms with E-state index in [0.717, 1.165) is 32.7 Å². The van der Waals surface area contributed by atoms with Crippen molar-refractivity contribution in [3.05, 3.63) is 12.7 Å². The fourth-order valence-electron chi connectivity index (χ4n) is 2.42. The number of piperazine rings is 1. The van der Waals surface area contributed by atoms with Crippen molar-refractivity contribution in [3.63, 3.8) is 0 Å². The van der Waals surface area contributed by atoms with Crippen LogP contribution in [0, 0.1) is 0 Å². The molecule has 0 aromatic heterocycles. The molecular weight excluding hydrogens is 272 g/mol.